The Morgan fingerprint density at radius 1 is 0.538 bits per heavy atom. The molecule has 0 unspecified atom stereocenters. The summed E-state index contributed by atoms with van der Waals surface area (Å²) in [5, 5.41) is 3.75. The predicted molar refractivity (Wildman–Crippen MR) is 166 cm³/mol. The molecule has 0 aliphatic rings. The van der Waals surface area contributed by atoms with Gasteiger partial charge in [0.05, 0.1) is 27.4 Å². The number of pyridine rings is 1. The van der Waals surface area contributed by atoms with E-state index >= 15 is 0 Å². The molecule has 0 spiro atoms. The van der Waals surface area contributed by atoms with E-state index in [4.69, 9.17) is 4.98 Å². The van der Waals surface area contributed by atoms with E-state index in [1.165, 1.54) is 31.1 Å². The Balaban J connectivity index is 1.33. The summed E-state index contributed by atoms with van der Waals surface area (Å²) in [7, 11) is 0. The summed E-state index contributed by atoms with van der Waals surface area (Å²) in [6.07, 6.45) is 2.05. The number of hydrogen-bond donors (Lipinski definition) is 0. The molecule has 4 heteroatoms. The molecule has 0 aliphatic heterocycles. The second-order valence-electron chi connectivity index (χ2n) is 9.67. The second-order valence-corrected chi connectivity index (χ2v) is 10.7. The van der Waals surface area contributed by atoms with Crippen LogP contribution in [0.3, 0.4) is 0 Å². The molecular formula is C35H23N3S. The smallest absolute Gasteiger partial charge is 0.0896 e. The van der Waals surface area contributed by atoms with Gasteiger partial charge in [0.1, 0.15) is 0 Å². The molecule has 0 fully saturated rings. The second kappa shape index (κ2) is 8.83. The Hall–Kier alpha value is -4.93. The van der Waals surface area contributed by atoms with Crippen molar-refractivity contribution < 1.29 is 0 Å². The minimum atomic E-state index is 1.09. The first-order chi connectivity index (χ1) is 19.4. The number of hydrogen-bond acceptors (Lipinski definition) is 3. The maximum Gasteiger partial charge on any atom is 0.0896 e. The Morgan fingerprint density at radius 2 is 1.13 bits per heavy atom. The monoisotopic (exact) mass is 517 g/mol. The molecular weight excluding hydrogens is 494 g/mol. The molecule has 3 nitrogen and oxygen atoms in total. The average molecular weight is 518 g/mol. The molecule has 3 heterocycles. The van der Waals surface area contributed by atoms with Crippen molar-refractivity contribution in [2.45, 2.75) is 0 Å². The first-order valence-corrected chi connectivity index (χ1v) is 13.9. The van der Waals surface area contributed by atoms with E-state index in [9.17, 15) is 0 Å². The number of anilines is 3. The number of para-hydroxylation sites is 3. The molecule has 39 heavy (non-hydrogen) atoms. The topological polar surface area (TPSA) is 21.1 Å². The van der Waals surface area contributed by atoms with Gasteiger partial charge >= 0.3 is 0 Å². The molecule has 3 aromatic heterocycles. The molecule has 0 atom stereocenters. The number of nitrogens with zero attached hydrogens (tertiary/aromatic N) is 3. The van der Waals surface area contributed by atoms with E-state index in [1.54, 1.807) is 0 Å². The summed E-state index contributed by atoms with van der Waals surface area (Å²) in [6.45, 7) is 0. The Labute approximate surface area is 229 Å². The van der Waals surface area contributed by atoms with Crippen molar-refractivity contribution in [3.63, 3.8) is 0 Å². The van der Waals surface area contributed by atoms with Crippen LogP contribution in [0.15, 0.2) is 140 Å². The average Bonchev–Trinajstić information content (AvgIpc) is 3.55. The number of fused-ring (bicyclic) bond motifs is 7. The first kappa shape index (κ1) is 22.1. The van der Waals surface area contributed by atoms with Crippen LogP contribution in [0.25, 0.3) is 47.8 Å². The third kappa shape index (κ3) is 3.46. The van der Waals surface area contributed by atoms with E-state index in [1.807, 2.05) is 17.5 Å². The first-order valence-electron chi connectivity index (χ1n) is 13.1. The standard InChI is InChI=1S/C35H23N3S/c1-3-11-24(12-4-1)37(25-13-5-2-6-14-25)26-19-21-27(22-20-26)38-30-17-9-7-15-28(30)33-31(38)23-36-34-29-16-8-10-18-32(29)39-35(33)34/h1-23H. The van der Waals surface area contributed by atoms with Crippen LogP contribution < -0.4 is 4.90 Å². The molecule has 0 saturated carbocycles. The summed E-state index contributed by atoms with van der Waals surface area (Å²) in [6, 6.07) is 47.2. The number of aromatic nitrogens is 2. The summed E-state index contributed by atoms with van der Waals surface area (Å²) in [4.78, 5) is 7.28. The van der Waals surface area contributed by atoms with Crippen molar-refractivity contribution in [2.75, 3.05) is 4.90 Å². The van der Waals surface area contributed by atoms with Crippen LogP contribution in [0, 0.1) is 0 Å². The quantitative estimate of drug-likeness (QED) is 0.232. The lowest BCUT2D eigenvalue weighted by atomic mass is 10.1. The maximum absolute atomic E-state index is 4.99. The highest BCUT2D eigenvalue weighted by Gasteiger charge is 2.18. The number of thiophene rings is 1. The lowest BCUT2D eigenvalue weighted by Gasteiger charge is -2.25. The molecule has 0 saturated heterocycles. The molecule has 0 radical (unpaired) electrons. The third-order valence-electron chi connectivity index (χ3n) is 7.42. The van der Waals surface area contributed by atoms with Crippen LogP contribution in [-0.2, 0) is 0 Å². The number of rotatable bonds is 4. The zero-order valence-corrected chi connectivity index (χ0v) is 21.8. The number of benzene rings is 5. The fourth-order valence-corrected chi connectivity index (χ4v) is 6.92. The van der Waals surface area contributed by atoms with Crippen LogP contribution in [0.5, 0.6) is 0 Å². The van der Waals surface area contributed by atoms with Gasteiger partial charge in [-0.25, -0.2) is 0 Å². The van der Waals surface area contributed by atoms with E-state index in [0.717, 1.165) is 33.8 Å². The van der Waals surface area contributed by atoms with Crippen LogP contribution in [0.1, 0.15) is 0 Å². The lowest BCUT2D eigenvalue weighted by molar-refractivity contribution is 1.17. The van der Waals surface area contributed by atoms with E-state index in [2.05, 4.69) is 143 Å². The highest BCUT2D eigenvalue weighted by Crippen LogP contribution is 2.42. The normalized spacial score (nSPS) is 11.6. The molecule has 8 aromatic rings. The van der Waals surface area contributed by atoms with Crippen LogP contribution in [0.2, 0.25) is 0 Å². The van der Waals surface area contributed by atoms with Gasteiger partial charge in [0.25, 0.3) is 0 Å². The highest BCUT2D eigenvalue weighted by atomic mass is 32.1. The minimum absolute atomic E-state index is 1.09. The van der Waals surface area contributed by atoms with E-state index in [0.29, 0.717) is 0 Å². The third-order valence-corrected chi connectivity index (χ3v) is 8.60. The van der Waals surface area contributed by atoms with E-state index < -0.39 is 0 Å². The van der Waals surface area contributed by atoms with Crippen LogP contribution in [0.4, 0.5) is 17.1 Å². The molecule has 0 aliphatic carbocycles. The Bertz CT molecular complexity index is 2070. The highest BCUT2D eigenvalue weighted by molar-refractivity contribution is 7.26. The van der Waals surface area contributed by atoms with Crippen LogP contribution >= 0.6 is 11.3 Å². The molecule has 184 valence electrons. The molecule has 0 amide bonds. The van der Waals surface area contributed by atoms with Gasteiger partial charge in [0, 0.05) is 43.6 Å². The summed E-state index contributed by atoms with van der Waals surface area (Å²) < 4.78 is 4.87. The van der Waals surface area contributed by atoms with Gasteiger partial charge in [0.15, 0.2) is 0 Å². The van der Waals surface area contributed by atoms with Gasteiger partial charge in [-0.15, -0.1) is 11.3 Å². The maximum atomic E-state index is 4.99. The van der Waals surface area contributed by atoms with Gasteiger partial charge < -0.3 is 9.47 Å². The summed E-state index contributed by atoms with van der Waals surface area (Å²) in [5.74, 6) is 0. The minimum Gasteiger partial charge on any atom is -0.311 e. The zero-order chi connectivity index (χ0) is 25.8. The Kier molecular flexibility index (Phi) is 5.00. The van der Waals surface area contributed by atoms with Crippen molar-refractivity contribution in [1.29, 1.82) is 0 Å². The van der Waals surface area contributed by atoms with Crippen molar-refractivity contribution in [3.8, 4) is 5.69 Å². The van der Waals surface area contributed by atoms with Gasteiger partial charge in [-0.1, -0.05) is 72.8 Å². The lowest BCUT2D eigenvalue weighted by Crippen LogP contribution is -2.09. The Morgan fingerprint density at radius 3 is 1.85 bits per heavy atom. The fraction of sp³-hybridized carbons (Fsp3) is 0. The van der Waals surface area contributed by atoms with Crippen LogP contribution in [-0.4, -0.2) is 9.55 Å². The summed E-state index contributed by atoms with van der Waals surface area (Å²) >= 11 is 1.83. The molecule has 0 N–H and O–H groups in total. The predicted octanol–water partition coefficient (Wildman–Crippen LogP) is 10.0. The van der Waals surface area contributed by atoms with Gasteiger partial charge in [0.2, 0.25) is 0 Å². The van der Waals surface area contributed by atoms with Crippen molar-refractivity contribution in [2.24, 2.45) is 0 Å². The van der Waals surface area contributed by atoms with Gasteiger partial charge in [-0.3, -0.25) is 4.98 Å². The molecule has 5 aromatic carbocycles. The van der Waals surface area contributed by atoms with Gasteiger partial charge in [-0.2, -0.15) is 0 Å². The van der Waals surface area contributed by atoms with Gasteiger partial charge in [-0.05, 0) is 60.7 Å². The van der Waals surface area contributed by atoms with E-state index in [-0.39, 0.29) is 0 Å². The zero-order valence-electron chi connectivity index (χ0n) is 21.0. The molecule has 8 rings (SSSR count). The van der Waals surface area contributed by atoms with Crippen molar-refractivity contribution in [3.05, 3.63) is 140 Å². The van der Waals surface area contributed by atoms with Crippen molar-refractivity contribution >= 4 is 70.5 Å². The SMILES string of the molecule is c1ccc(N(c2ccccc2)c2ccc(-n3c4ccccc4c4c5sc6ccccc6c5ncc43)cc2)cc1. The summed E-state index contributed by atoms with van der Waals surface area (Å²) in [5.41, 5.74) is 7.90. The largest absolute Gasteiger partial charge is 0.311 e. The fourth-order valence-electron chi connectivity index (χ4n) is 5.71. The molecule has 0 bridgehead atoms. The van der Waals surface area contributed by atoms with Crippen molar-refractivity contribution in [1.82, 2.24) is 9.55 Å².